The van der Waals surface area contributed by atoms with E-state index >= 15 is 0 Å². The molecule has 3 aromatic rings. The third-order valence-corrected chi connectivity index (χ3v) is 6.68. The Morgan fingerprint density at radius 3 is 2.64 bits per heavy atom. The first kappa shape index (κ1) is 20.4. The van der Waals surface area contributed by atoms with E-state index in [9.17, 15) is 4.79 Å². The van der Waals surface area contributed by atoms with Crippen molar-refractivity contribution in [1.82, 2.24) is 14.8 Å². The Kier molecular flexibility index (Phi) is 6.74. The molecule has 0 atom stereocenters. The average molecular weight is 417 g/mol. The normalized spacial score (nSPS) is 10.9. The molecule has 0 fully saturated rings. The van der Waals surface area contributed by atoms with Crippen LogP contribution in [0.25, 0.3) is 0 Å². The van der Waals surface area contributed by atoms with Gasteiger partial charge in [0, 0.05) is 30.5 Å². The van der Waals surface area contributed by atoms with E-state index in [1.807, 2.05) is 25.1 Å². The molecule has 0 bridgehead atoms. The molecule has 0 unspecified atom stereocenters. The molecule has 6 nitrogen and oxygen atoms in total. The minimum atomic E-state index is 0.120. The number of aryl methyl sites for hydroxylation is 2. The maximum Gasteiger partial charge on any atom is 0.206 e. The lowest BCUT2D eigenvalue weighted by molar-refractivity contribution is 0.102. The molecule has 2 heterocycles. The van der Waals surface area contributed by atoms with Gasteiger partial charge in [0.15, 0.2) is 10.1 Å². The van der Waals surface area contributed by atoms with Crippen molar-refractivity contribution in [3.63, 3.8) is 0 Å². The van der Waals surface area contributed by atoms with E-state index in [1.165, 1.54) is 28.7 Å². The van der Waals surface area contributed by atoms with Crippen LogP contribution in [0.15, 0.2) is 34.7 Å². The maximum absolute atomic E-state index is 12.7. The Hall–Kier alpha value is -2.32. The van der Waals surface area contributed by atoms with E-state index in [0.29, 0.717) is 5.75 Å². The third kappa shape index (κ3) is 4.74. The van der Waals surface area contributed by atoms with Gasteiger partial charge < -0.3 is 14.6 Å². The van der Waals surface area contributed by atoms with Gasteiger partial charge in [-0.15, -0.1) is 10.2 Å². The lowest BCUT2D eigenvalue weighted by Crippen LogP contribution is -2.08. The van der Waals surface area contributed by atoms with Crippen molar-refractivity contribution in [2.45, 2.75) is 31.2 Å². The molecular formula is C20H24N4O2S2. The number of benzene rings is 1. The molecule has 0 amide bonds. The fourth-order valence-corrected chi connectivity index (χ4v) is 4.62. The Bertz CT molecular complexity index is 948. The number of nitrogens with one attached hydrogen (secondary N) is 1. The van der Waals surface area contributed by atoms with Crippen LogP contribution in [0, 0.1) is 13.8 Å². The van der Waals surface area contributed by atoms with Crippen LogP contribution >= 0.6 is 23.1 Å². The second-order valence-electron chi connectivity index (χ2n) is 6.37. The van der Waals surface area contributed by atoms with E-state index < -0.39 is 0 Å². The number of hydrogen-bond donors (Lipinski definition) is 1. The van der Waals surface area contributed by atoms with Gasteiger partial charge in [-0.05, 0) is 44.0 Å². The van der Waals surface area contributed by atoms with Crippen LogP contribution in [0.5, 0.6) is 5.75 Å². The van der Waals surface area contributed by atoms with Crippen LogP contribution in [-0.2, 0) is 13.0 Å². The van der Waals surface area contributed by atoms with Crippen LogP contribution in [-0.4, -0.2) is 40.5 Å². The van der Waals surface area contributed by atoms with E-state index in [-0.39, 0.29) is 5.78 Å². The lowest BCUT2D eigenvalue weighted by atomic mass is 10.1. The van der Waals surface area contributed by atoms with Gasteiger partial charge in [0.2, 0.25) is 5.13 Å². The summed E-state index contributed by atoms with van der Waals surface area (Å²) in [4.78, 5) is 12.7. The molecule has 0 spiro atoms. The predicted molar refractivity (Wildman–Crippen MR) is 115 cm³/mol. The van der Waals surface area contributed by atoms with E-state index in [2.05, 4.69) is 39.1 Å². The molecule has 1 N–H and O–H groups in total. The number of rotatable bonds is 9. The van der Waals surface area contributed by atoms with Gasteiger partial charge in [-0.2, -0.15) is 0 Å². The van der Waals surface area contributed by atoms with Gasteiger partial charge in [0.05, 0.1) is 12.9 Å². The topological polar surface area (TPSA) is 69.0 Å². The van der Waals surface area contributed by atoms with Gasteiger partial charge in [-0.25, -0.2) is 0 Å². The van der Waals surface area contributed by atoms with E-state index in [4.69, 9.17) is 4.74 Å². The summed E-state index contributed by atoms with van der Waals surface area (Å²) in [7, 11) is 3.48. The number of carbonyl (C=O) groups excluding carboxylic acids is 1. The summed E-state index contributed by atoms with van der Waals surface area (Å²) < 4.78 is 8.22. The highest BCUT2D eigenvalue weighted by molar-refractivity contribution is 8.01. The fourth-order valence-electron chi connectivity index (χ4n) is 3.03. The van der Waals surface area contributed by atoms with Crippen molar-refractivity contribution in [1.29, 1.82) is 0 Å². The largest absolute Gasteiger partial charge is 0.497 e. The molecule has 0 aliphatic carbocycles. The summed E-state index contributed by atoms with van der Waals surface area (Å²) in [5.41, 5.74) is 4.16. The number of anilines is 1. The van der Waals surface area contributed by atoms with Crippen LogP contribution in [0.3, 0.4) is 0 Å². The van der Waals surface area contributed by atoms with Crippen LogP contribution in [0.1, 0.15) is 27.3 Å². The van der Waals surface area contributed by atoms with Gasteiger partial charge in [-0.3, -0.25) is 4.79 Å². The summed E-state index contributed by atoms with van der Waals surface area (Å²) in [5.74, 6) is 1.34. The molecule has 28 heavy (non-hydrogen) atoms. The summed E-state index contributed by atoms with van der Waals surface area (Å²) >= 11 is 2.89. The fraction of sp³-hybridized carbons (Fsp3) is 0.350. The molecule has 0 aliphatic heterocycles. The third-order valence-electron chi connectivity index (χ3n) is 4.60. The van der Waals surface area contributed by atoms with Crippen molar-refractivity contribution < 1.29 is 9.53 Å². The van der Waals surface area contributed by atoms with Crippen LogP contribution in [0.2, 0.25) is 0 Å². The second kappa shape index (κ2) is 9.25. The van der Waals surface area contributed by atoms with E-state index in [1.54, 1.807) is 14.2 Å². The molecule has 0 radical (unpaired) electrons. The predicted octanol–water partition coefficient (Wildman–Crippen LogP) is 4.22. The number of thioether (sulfide) groups is 1. The Labute approximate surface area is 173 Å². The van der Waals surface area contributed by atoms with Crippen LogP contribution in [0.4, 0.5) is 5.13 Å². The number of ether oxygens (including phenoxy) is 1. The molecule has 1 aromatic carbocycles. The van der Waals surface area contributed by atoms with Gasteiger partial charge in [0.25, 0.3) is 0 Å². The molecule has 0 saturated heterocycles. The highest BCUT2D eigenvalue weighted by Crippen LogP contribution is 2.27. The van der Waals surface area contributed by atoms with E-state index in [0.717, 1.165) is 45.1 Å². The average Bonchev–Trinajstić information content (AvgIpc) is 3.29. The number of methoxy groups -OCH3 is 1. The number of nitrogens with zero attached hydrogens (tertiary/aromatic N) is 3. The Morgan fingerprint density at radius 1 is 1.25 bits per heavy atom. The summed E-state index contributed by atoms with van der Waals surface area (Å²) in [6, 6.07) is 10.1. The first-order chi connectivity index (χ1) is 13.5. The standard InChI is InChI=1S/C20H24N4O2S2/c1-13-11-17(18(25)12-27-20-23-22-19(21-3)28-20)14(2)24(13)10-9-15-5-7-16(26-4)8-6-15/h5-8,11H,9-10,12H2,1-4H3,(H,21,22). The number of carbonyl (C=O) groups is 1. The molecule has 0 saturated carbocycles. The zero-order chi connectivity index (χ0) is 20.1. The van der Waals surface area contributed by atoms with Crippen molar-refractivity contribution in [2.75, 3.05) is 25.2 Å². The zero-order valence-electron chi connectivity index (χ0n) is 16.5. The number of ketones is 1. The quantitative estimate of drug-likeness (QED) is 0.416. The molecule has 8 heteroatoms. The van der Waals surface area contributed by atoms with Crippen molar-refractivity contribution in [3.8, 4) is 5.75 Å². The summed E-state index contributed by atoms with van der Waals surface area (Å²) in [6.07, 6.45) is 0.903. The summed E-state index contributed by atoms with van der Waals surface area (Å²) in [5, 5.41) is 11.8. The maximum atomic E-state index is 12.7. The van der Waals surface area contributed by atoms with Gasteiger partial charge in [0.1, 0.15) is 5.75 Å². The Morgan fingerprint density at radius 2 is 2.00 bits per heavy atom. The molecular weight excluding hydrogens is 392 g/mol. The highest BCUT2D eigenvalue weighted by Gasteiger charge is 2.17. The lowest BCUT2D eigenvalue weighted by Gasteiger charge is -2.10. The molecule has 3 rings (SSSR count). The SMILES string of the molecule is CNc1nnc(SCC(=O)c2cc(C)n(CCc3ccc(OC)cc3)c2C)s1. The monoisotopic (exact) mass is 416 g/mol. The zero-order valence-corrected chi connectivity index (χ0v) is 18.1. The minimum Gasteiger partial charge on any atom is -0.497 e. The van der Waals surface area contributed by atoms with Crippen LogP contribution < -0.4 is 10.1 Å². The first-order valence-corrected chi connectivity index (χ1v) is 10.8. The first-order valence-electron chi connectivity index (χ1n) is 8.98. The molecule has 148 valence electrons. The van der Waals surface area contributed by atoms with Crippen molar-refractivity contribution in [2.24, 2.45) is 0 Å². The molecule has 0 aliphatic rings. The number of aromatic nitrogens is 3. The van der Waals surface area contributed by atoms with Gasteiger partial charge in [-0.1, -0.05) is 35.2 Å². The number of hydrogen-bond acceptors (Lipinski definition) is 7. The molecule has 2 aromatic heterocycles. The van der Waals surface area contributed by atoms with Crippen molar-refractivity contribution in [3.05, 3.63) is 52.8 Å². The minimum absolute atomic E-state index is 0.120. The second-order valence-corrected chi connectivity index (χ2v) is 8.57. The van der Waals surface area contributed by atoms with Gasteiger partial charge >= 0.3 is 0 Å². The summed E-state index contributed by atoms with van der Waals surface area (Å²) in [6.45, 7) is 4.91. The smallest absolute Gasteiger partial charge is 0.206 e. The van der Waals surface area contributed by atoms with Crippen molar-refractivity contribution >= 4 is 34.0 Å². The highest BCUT2D eigenvalue weighted by atomic mass is 32.2. The Balaban J connectivity index is 1.63. The number of Topliss-reactive ketones (excluding diaryl/α,β-unsaturated/α-hetero) is 1.